The summed E-state index contributed by atoms with van der Waals surface area (Å²) in [7, 11) is -3.73. The van der Waals surface area contributed by atoms with E-state index in [2.05, 4.69) is 0 Å². The third-order valence-corrected chi connectivity index (χ3v) is 7.76. The van der Waals surface area contributed by atoms with Crippen LogP contribution in [0.4, 0.5) is 4.39 Å². The molecule has 1 aliphatic carbocycles. The zero-order valence-corrected chi connectivity index (χ0v) is 17.4. The van der Waals surface area contributed by atoms with Crippen molar-refractivity contribution in [3.05, 3.63) is 64.4 Å². The minimum atomic E-state index is -3.73. The van der Waals surface area contributed by atoms with E-state index in [9.17, 15) is 17.6 Å². The topological polar surface area (TPSA) is 57.7 Å². The Morgan fingerprint density at radius 3 is 2.38 bits per heavy atom. The number of hydrogen-bond acceptors (Lipinski definition) is 3. The molecule has 2 aromatic carbocycles. The van der Waals surface area contributed by atoms with Crippen LogP contribution < -0.4 is 0 Å². The molecule has 1 aliphatic heterocycles. The maximum absolute atomic E-state index is 13.2. The summed E-state index contributed by atoms with van der Waals surface area (Å²) in [5.74, 6) is -0.570. The Bertz CT molecular complexity index is 1020. The molecule has 1 amide bonds. The number of sulfonamides is 1. The average molecular weight is 437 g/mol. The molecule has 5 nitrogen and oxygen atoms in total. The minimum absolute atomic E-state index is 0.0237. The van der Waals surface area contributed by atoms with E-state index >= 15 is 0 Å². The Balaban J connectivity index is 1.62. The number of hydrogen-bond donors (Lipinski definition) is 0. The van der Waals surface area contributed by atoms with Gasteiger partial charge in [-0.25, -0.2) is 12.8 Å². The minimum Gasteiger partial charge on any atom is -0.331 e. The van der Waals surface area contributed by atoms with E-state index in [1.165, 1.54) is 28.6 Å². The van der Waals surface area contributed by atoms with Crippen molar-refractivity contribution in [2.75, 3.05) is 13.1 Å². The number of carbonyl (C=O) groups is 1. The maximum atomic E-state index is 13.2. The zero-order chi connectivity index (χ0) is 20.6. The van der Waals surface area contributed by atoms with Gasteiger partial charge in [0.05, 0.1) is 5.02 Å². The van der Waals surface area contributed by atoms with E-state index in [4.69, 9.17) is 11.6 Å². The van der Waals surface area contributed by atoms with Gasteiger partial charge < -0.3 is 4.90 Å². The largest absolute Gasteiger partial charge is 0.331 e. The summed E-state index contributed by atoms with van der Waals surface area (Å²) in [6, 6.07) is 10.6. The van der Waals surface area contributed by atoms with E-state index in [0.29, 0.717) is 25.2 Å². The number of halogens is 2. The van der Waals surface area contributed by atoms with Crippen LogP contribution in [0.5, 0.6) is 0 Å². The number of carbonyl (C=O) groups excluding carboxylic acids is 1. The highest BCUT2D eigenvalue weighted by Gasteiger charge is 2.34. The fourth-order valence-corrected chi connectivity index (χ4v) is 5.62. The van der Waals surface area contributed by atoms with E-state index < -0.39 is 10.0 Å². The van der Waals surface area contributed by atoms with E-state index in [1.54, 1.807) is 23.1 Å². The van der Waals surface area contributed by atoms with Crippen LogP contribution in [0.1, 0.15) is 41.6 Å². The first-order valence-electron chi connectivity index (χ1n) is 9.71. The predicted octanol–water partition coefficient (Wildman–Crippen LogP) is 4.07. The summed E-state index contributed by atoms with van der Waals surface area (Å²) >= 11 is 6.20. The lowest BCUT2D eigenvalue weighted by Gasteiger charge is -2.23. The van der Waals surface area contributed by atoms with Gasteiger partial charge in [0.15, 0.2) is 0 Å². The fourth-order valence-electron chi connectivity index (χ4n) is 3.61. The van der Waals surface area contributed by atoms with Gasteiger partial charge in [-0.05, 0) is 61.6 Å². The van der Waals surface area contributed by atoms with Crippen molar-refractivity contribution in [1.29, 1.82) is 0 Å². The number of nitrogens with zero attached hydrogens (tertiary/aromatic N) is 2. The molecule has 0 aromatic heterocycles. The molecule has 29 heavy (non-hydrogen) atoms. The van der Waals surface area contributed by atoms with Crippen LogP contribution in [-0.2, 0) is 16.6 Å². The molecule has 1 saturated heterocycles. The first kappa shape index (κ1) is 20.3. The van der Waals surface area contributed by atoms with Gasteiger partial charge in [0.25, 0.3) is 5.91 Å². The Labute approximate surface area is 175 Å². The van der Waals surface area contributed by atoms with Crippen LogP contribution in [0.15, 0.2) is 47.4 Å². The second-order valence-corrected chi connectivity index (χ2v) is 9.86. The predicted molar refractivity (Wildman–Crippen MR) is 109 cm³/mol. The van der Waals surface area contributed by atoms with Crippen LogP contribution >= 0.6 is 11.6 Å². The quantitative estimate of drug-likeness (QED) is 0.685. The number of amides is 1. The molecular formula is C21H22ClFN2O3S. The molecule has 2 aromatic rings. The van der Waals surface area contributed by atoms with Gasteiger partial charge in [-0.15, -0.1) is 0 Å². The van der Waals surface area contributed by atoms with Crippen molar-refractivity contribution in [1.82, 2.24) is 9.21 Å². The van der Waals surface area contributed by atoms with Crippen LogP contribution in [0.25, 0.3) is 0 Å². The highest BCUT2D eigenvalue weighted by molar-refractivity contribution is 7.89. The van der Waals surface area contributed by atoms with Gasteiger partial charge in [-0.1, -0.05) is 23.7 Å². The molecule has 1 heterocycles. The molecule has 0 bridgehead atoms. The Morgan fingerprint density at radius 2 is 1.76 bits per heavy atom. The van der Waals surface area contributed by atoms with Gasteiger partial charge in [0.2, 0.25) is 10.0 Å². The van der Waals surface area contributed by atoms with Crippen molar-refractivity contribution in [3.8, 4) is 0 Å². The molecule has 0 radical (unpaired) electrons. The summed E-state index contributed by atoms with van der Waals surface area (Å²) in [5, 5.41) is 0.116. The molecule has 0 atom stereocenters. The maximum Gasteiger partial charge on any atom is 0.254 e. The van der Waals surface area contributed by atoms with Crippen molar-refractivity contribution in [2.24, 2.45) is 0 Å². The van der Waals surface area contributed by atoms with Gasteiger partial charge in [0.1, 0.15) is 10.7 Å². The second-order valence-electron chi connectivity index (χ2n) is 7.55. The number of rotatable bonds is 6. The summed E-state index contributed by atoms with van der Waals surface area (Å²) in [6.45, 7) is 1.28. The van der Waals surface area contributed by atoms with Crippen LogP contribution in [-0.4, -0.2) is 42.7 Å². The molecule has 1 saturated carbocycles. The average Bonchev–Trinajstić information content (AvgIpc) is 3.38. The molecule has 4 rings (SSSR count). The molecule has 2 aliphatic rings. The molecule has 8 heteroatoms. The first-order valence-corrected chi connectivity index (χ1v) is 11.5. The lowest BCUT2D eigenvalue weighted by Crippen LogP contribution is -2.33. The van der Waals surface area contributed by atoms with Crippen LogP contribution in [0.2, 0.25) is 5.02 Å². The lowest BCUT2D eigenvalue weighted by atomic mass is 10.1. The monoisotopic (exact) mass is 436 g/mol. The van der Waals surface area contributed by atoms with Gasteiger partial charge >= 0.3 is 0 Å². The Morgan fingerprint density at radius 1 is 1.10 bits per heavy atom. The van der Waals surface area contributed by atoms with Gasteiger partial charge in [-0.2, -0.15) is 4.31 Å². The lowest BCUT2D eigenvalue weighted by molar-refractivity contribution is 0.0729. The highest BCUT2D eigenvalue weighted by Crippen LogP contribution is 2.32. The second kappa shape index (κ2) is 8.05. The van der Waals surface area contributed by atoms with Crippen LogP contribution in [0.3, 0.4) is 0 Å². The summed E-state index contributed by atoms with van der Waals surface area (Å²) in [4.78, 5) is 14.9. The van der Waals surface area contributed by atoms with Crippen molar-refractivity contribution < 1.29 is 17.6 Å². The van der Waals surface area contributed by atoms with E-state index in [1.807, 2.05) is 0 Å². The standard InChI is InChI=1S/C21H22ClFN2O3S/c22-19-10-5-16(13-20(19)29(27,28)24-11-1-2-12-24)21(26)25(18-8-9-18)14-15-3-6-17(23)7-4-15/h3-7,10,13,18H,1-2,8-9,11-12,14H2. The molecule has 0 unspecified atom stereocenters. The highest BCUT2D eigenvalue weighted by atomic mass is 35.5. The van der Waals surface area contributed by atoms with Crippen molar-refractivity contribution >= 4 is 27.5 Å². The molecule has 154 valence electrons. The van der Waals surface area contributed by atoms with Crippen LogP contribution in [0, 0.1) is 5.82 Å². The normalized spacial score (nSPS) is 17.4. The molecule has 2 fully saturated rings. The van der Waals surface area contributed by atoms with Gasteiger partial charge in [-0.3, -0.25) is 4.79 Å². The summed E-state index contributed by atoms with van der Waals surface area (Å²) in [6.07, 6.45) is 3.45. The van der Waals surface area contributed by atoms with Crippen molar-refractivity contribution in [2.45, 2.75) is 43.2 Å². The Kier molecular flexibility index (Phi) is 5.64. The summed E-state index contributed by atoms with van der Waals surface area (Å²) in [5.41, 5.74) is 1.12. The fraction of sp³-hybridized carbons (Fsp3) is 0.381. The molecule has 0 spiro atoms. The van der Waals surface area contributed by atoms with E-state index in [-0.39, 0.29) is 27.7 Å². The summed E-state index contributed by atoms with van der Waals surface area (Å²) < 4.78 is 40.5. The number of benzene rings is 2. The first-order chi connectivity index (χ1) is 13.9. The van der Waals surface area contributed by atoms with Crippen molar-refractivity contribution in [3.63, 3.8) is 0 Å². The van der Waals surface area contributed by atoms with Gasteiger partial charge in [0, 0.05) is 31.2 Å². The molecular weight excluding hydrogens is 415 g/mol. The third kappa shape index (κ3) is 4.32. The third-order valence-electron chi connectivity index (χ3n) is 5.38. The zero-order valence-electron chi connectivity index (χ0n) is 15.9. The SMILES string of the molecule is O=C(c1ccc(Cl)c(S(=O)(=O)N2CCCC2)c1)N(Cc1ccc(F)cc1)C1CC1. The van der Waals surface area contributed by atoms with E-state index in [0.717, 1.165) is 31.2 Å². The smallest absolute Gasteiger partial charge is 0.254 e. The molecule has 0 N–H and O–H groups in total. The Hall–Kier alpha value is -1.96.